The van der Waals surface area contributed by atoms with Crippen LogP contribution >= 0.6 is 0 Å². The van der Waals surface area contributed by atoms with Crippen molar-refractivity contribution in [2.24, 2.45) is 17.8 Å². The molecule has 0 N–H and O–H groups in total. The van der Waals surface area contributed by atoms with Crippen molar-refractivity contribution in [3.05, 3.63) is 54.1 Å². The molecule has 5 heteroatoms. The Bertz CT molecular complexity index is 808. The minimum absolute atomic E-state index is 0.0292. The third kappa shape index (κ3) is 5.19. The predicted octanol–water partition coefficient (Wildman–Crippen LogP) is 6.22. The van der Waals surface area contributed by atoms with Crippen molar-refractivity contribution in [3.63, 3.8) is 0 Å². The van der Waals surface area contributed by atoms with Gasteiger partial charge in [0.2, 0.25) is 0 Å². The highest BCUT2D eigenvalue weighted by Gasteiger charge is 2.32. The molecule has 4 rings (SSSR count). The first-order valence-corrected chi connectivity index (χ1v) is 11.0. The maximum Gasteiger partial charge on any atom is 0.160 e. The van der Waals surface area contributed by atoms with Crippen molar-refractivity contribution in [1.82, 2.24) is 0 Å². The number of ether oxygens (including phenoxy) is 3. The molecule has 2 aromatic carbocycles. The van der Waals surface area contributed by atoms with E-state index in [1.54, 1.807) is 6.07 Å². The lowest BCUT2D eigenvalue weighted by Gasteiger charge is -2.37. The van der Waals surface area contributed by atoms with Crippen LogP contribution in [0.4, 0.5) is 8.78 Å². The first kappa shape index (κ1) is 21.3. The number of rotatable bonds is 6. The molecule has 162 valence electrons. The SMILES string of the molecule is CCC1COC(C2CCC(COc3ccc(-c4ccc(F)c(F)c4)cc3)CC2)OC1. The first-order valence-electron chi connectivity index (χ1n) is 11.0. The Kier molecular flexibility index (Phi) is 7.00. The van der Waals surface area contributed by atoms with Crippen LogP contribution in [0.1, 0.15) is 39.0 Å². The second kappa shape index (κ2) is 9.88. The molecule has 0 unspecified atom stereocenters. The third-order valence-corrected chi connectivity index (χ3v) is 6.44. The zero-order chi connectivity index (χ0) is 20.9. The third-order valence-electron chi connectivity index (χ3n) is 6.44. The smallest absolute Gasteiger partial charge is 0.160 e. The van der Waals surface area contributed by atoms with Crippen LogP contribution in [0.2, 0.25) is 0 Å². The van der Waals surface area contributed by atoms with Crippen LogP contribution in [0, 0.1) is 29.4 Å². The fraction of sp³-hybridized carbons (Fsp3) is 0.520. The highest BCUT2D eigenvalue weighted by atomic mass is 19.2. The van der Waals surface area contributed by atoms with E-state index in [1.165, 1.54) is 6.07 Å². The molecule has 3 nitrogen and oxygen atoms in total. The van der Waals surface area contributed by atoms with E-state index < -0.39 is 11.6 Å². The highest BCUT2D eigenvalue weighted by Crippen LogP contribution is 2.34. The molecule has 0 amide bonds. The Morgan fingerprint density at radius 3 is 2.13 bits per heavy atom. The monoisotopic (exact) mass is 416 g/mol. The van der Waals surface area contributed by atoms with Gasteiger partial charge in [0.25, 0.3) is 0 Å². The lowest BCUT2D eigenvalue weighted by molar-refractivity contribution is -0.229. The van der Waals surface area contributed by atoms with Crippen LogP contribution in [0.25, 0.3) is 11.1 Å². The van der Waals surface area contributed by atoms with Crippen molar-refractivity contribution >= 4 is 0 Å². The van der Waals surface area contributed by atoms with E-state index in [9.17, 15) is 8.78 Å². The summed E-state index contributed by atoms with van der Waals surface area (Å²) >= 11 is 0. The van der Waals surface area contributed by atoms with Crippen molar-refractivity contribution in [1.29, 1.82) is 0 Å². The standard InChI is InChI=1S/C25H30F2O3/c1-2-17-14-29-25(30-15-17)20-5-3-18(4-6-20)16-28-22-10-7-19(8-11-22)21-9-12-23(26)24(27)13-21/h7-13,17-18,20,25H,2-6,14-16H2,1H3. The second-order valence-electron chi connectivity index (χ2n) is 8.55. The van der Waals surface area contributed by atoms with Gasteiger partial charge in [-0.3, -0.25) is 0 Å². The van der Waals surface area contributed by atoms with Crippen LogP contribution in [0.5, 0.6) is 5.75 Å². The molecule has 2 aromatic rings. The predicted molar refractivity (Wildman–Crippen MR) is 112 cm³/mol. The second-order valence-corrected chi connectivity index (χ2v) is 8.55. The van der Waals surface area contributed by atoms with Gasteiger partial charge in [-0.25, -0.2) is 8.78 Å². The molecule has 0 spiro atoms. The van der Waals surface area contributed by atoms with Crippen molar-refractivity contribution in [2.75, 3.05) is 19.8 Å². The van der Waals surface area contributed by atoms with Gasteiger partial charge in [-0.1, -0.05) is 25.1 Å². The minimum atomic E-state index is -0.836. The Morgan fingerprint density at radius 1 is 0.833 bits per heavy atom. The fourth-order valence-electron chi connectivity index (χ4n) is 4.33. The average molecular weight is 417 g/mol. The van der Waals surface area contributed by atoms with Crippen LogP contribution in [-0.4, -0.2) is 26.1 Å². The van der Waals surface area contributed by atoms with Gasteiger partial charge >= 0.3 is 0 Å². The minimum Gasteiger partial charge on any atom is -0.493 e. The quantitative estimate of drug-likeness (QED) is 0.560. The van der Waals surface area contributed by atoms with Gasteiger partial charge in [0.15, 0.2) is 17.9 Å². The normalized spacial score (nSPS) is 27.0. The Morgan fingerprint density at radius 2 is 1.50 bits per heavy atom. The number of halogens is 2. The summed E-state index contributed by atoms with van der Waals surface area (Å²) in [5.74, 6) is 0.707. The van der Waals surface area contributed by atoms with E-state index in [2.05, 4.69) is 6.92 Å². The highest BCUT2D eigenvalue weighted by molar-refractivity contribution is 5.64. The van der Waals surface area contributed by atoms with Gasteiger partial charge in [-0.05, 0) is 73.4 Å². The topological polar surface area (TPSA) is 27.7 Å². The van der Waals surface area contributed by atoms with Crippen LogP contribution in [0.15, 0.2) is 42.5 Å². The molecule has 1 aliphatic carbocycles. The average Bonchev–Trinajstić information content (AvgIpc) is 2.80. The molecule has 1 aliphatic heterocycles. The molecule has 0 aromatic heterocycles. The summed E-state index contributed by atoms with van der Waals surface area (Å²) in [6, 6.07) is 11.5. The Balaban J connectivity index is 1.22. The van der Waals surface area contributed by atoms with Gasteiger partial charge in [-0.2, -0.15) is 0 Å². The maximum absolute atomic E-state index is 13.4. The summed E-state index contributed by atoms with van der Waals surface area (Å²) in [4.78, 5) is 0. The first-order chi connectivity index (χ1) is 14.6. The van der Waals surface area contributed by atoms with Gasteiger partial charge in [0, 0.05) is 11.8 Å². The van der Waals surface area contributed by atoms with Crippen LogP contribution in [0.3, 0.4) is 0 Å². The fourth-order valence-corrected chi connectivity index (χ4v) is 4.33. The zero-order valence-electron chi connectivity index (χ0n) is 17.5. The number of hydrogen-bond acceptors (Lipinski definition) is 3. The lowest BCUT2D eigenvalue weighted by atomic mass is 9.82. The molecule has 0 atom stereocenters. The van der Waals surface area contributed by atoms with E-state index in [1.807, 2.05) is 24.3 Å². The molecule has 30 heavy (non-hydrogen) atoms. The maximum atomic E-state index is 13.4. The zero-order valence-corrected chi connectivity index (χ0v) is 17.5. The van der Waals surface area contributed by atoms with Crippen LogP contribution < -0.4 is 4.74 Å². The van der Waals surface area contributed by atoms with E-state index in [4.69, 9.17) is 14.2 Å². The van der Waals surface area contributed by atoms with Gasteiger partial charge in [-0.15, -0.1) is 0 Å². The van der Waals surface area contributed by atoms with E-state index in [0.717, 1.165) is 62.7 Å². The molecule has 0 radical (unpaired) electrons. The van der Waals surface area contributed by atoms with Crippen LogP contribution in [-0.2, 0) is 9.47 Å². The van der Waals surface area contributed by atoms with Gasteiger partial charge < -0.3 is 14.2 Å². The molecule has 1 saturated carbocycles. The number of hydrogen-bond donors (Lipinski definition) is 0. The summed E-state index contributed by atoms with van der Waals surface area (Å²) in [5, 5.41) is 0. The largest absolute Gasteiger partial charge is 0.493 e. The Hall–Kier alpha value is -1.98. The Labute approximate surface area is 177 Å². The summed E-state index contributed by atoms with van der Waals surface area (Å²) in [6.07, 6.45) is 5.56. The van der Waals surface area contributed by atoms with Crippen molar-refractivity contribution in [3.8, 4) is 16.9 Å². The van der Waals surface area contributed by atoms with Crippen molar-refractivity contribution in [2.45, 2.75) is 45.3 Å². The molecule has 2 aliphatic rings. The van der Waals surface area contributed by atoms with Gasteiger partial charge in [0.05, 0.1) is 19.8 Å². The van der Waals surface area contributed by atoms with Crippen molar-refractivity contribution < 1.29 is 23.0 Å². The molecule has 2 fully saturated rings. The van der Waals surface area contributed by atoms with E-state index in [-0.39, 0.29) is 6.29 Å². The summed E-state index contributed by atoms with van der Waals surface area (Å²) in [6.45, 7) is 4.52. The molecule has 1 saturated heterocycles. The van der Waals surface area contributed by atoms with Gasteiger partial charge in [0.1, 0.15) is 5.75 Å². The molecule has 1 heterocycles. The summed E-state index contributed by atoms with van der Waals surface area (Å²) in [5.41, 5.74) is 1.48. The van der Waals surface area contributed by atoms with E-state index >= 15 is 0 Å². The lowest BCUT2D eigenvalue weighted by Crippen LogP contribution is -2.38. The van der Waals surface area contributed by atoms with E-state index in [0.29, 0.717) is 29.9 Å². The summed E-state index contributed by atoms with van der Waals surface area (Å²) in [7, 11) is 0. The summed E-state index contributed by atoms with van der Waals surface area (Å²) < 4.78 is 44.4. The molecule has 0 bridgehead atoms. The number of benzene rings is 2. The molecular weight excluding hydrogens is 386 g/mol. The molecular formula is C25H30F2O3.